The Bertz CT molecular complexity index is 367. The third-order valence-corrected chi connectivity index (χ3v) is 3.36. The molecule has 0 spiro atoms. The van der Waals surface area contributed by atoms with Gasteiger partial charge in [0.2, 0.25) is 0 Å². The molecule has 0 aliphatic heterocycles. The zero-order valence-corrected chi connectivity index (χ0v) is 11.0. The van der Waals surface area contributed by atoms with Gasteiger partial charge in [-0.25, -0.2) is 0 Å². The maximum atomic E-state index is 6.08. The van der Waals surface area contributed by atoms with E-state index in [9.17, 15) is 0 Å². The zero-order chi connectivity index (χ0) is 11.4. The predicted octanol–water partition coefficient (Wildman–Crippen LogP) is 5.27. The lowest BCUT2D eigenvalue weighted by atomic mass is 10.0. The lowest BCUT2D eigenvalue weighted by Gasteiger charge is -2.08. The van der Waals surface area contributed by atoms with Crippen LogP contribution in [0.4, 0.5) is 0 Å². The van der Waals surface area contributed by atoms with Gasteiger partial charge in [0.15, 0.2) is 0 Å². The Kier molecular flexibility index (Phi) is 4.98. The van der Waals surface area contributed by atoms with E-state index in [1.165, 1.54) is 0 Å². The van der Waals surface area contributed by atoms with Gasteiger partial charge in [0.25, 0.3) is 0 Å². The van der Waals surface area contributed by atoms with Crippen molar-refractivity contribution >= 4 is 40.9 Å². The van der Waals surface area contributed by atoms with E-state index in [-0.39, 0.29) is 0 Å². The molecule has 15 heavy (non-hydrogen) atoms. The molecule has 0 amide bonds. The third kappa shape index (κ3) is 3.41. The van der Waals surface area contributed by atoms with Crippen molar-refractivity contribution in [2.24, 2.45) is 5.92 Å². The molecule has 0 aromatic heterocycles. The van der Waals surface area contributed by atoms with E-state index in [2.05, 4.69) is 13.8 Å². The molecule has 0 aliphatic carbocycles. The van der Waals surface area contributed by atoms with Crippen LogP contribution in [0.15, 0.2) is 23.8 Å². The number of benzene rings is 1. The molecule has 0 aliphatic rings. The highest BCUT2D eigenvalue weighted by atomic mass is 35.5. The summed E-state index contributed by atoms with van der Waals surface area (Å²) in [6.07, 6.45) is 2.01. The first-order valence-electron chi connectivity index (χ1n) is 4.76. The Balaban J connectivity index is 3.11. The van der Waals surface area contributed by atoms with E-state index in [0.29, 0.717) is 21.8 Å². The second-order valence-electron chi connectivity index (χ2n) is 3.65. The maximum Gasteiger partial charge on any atom is 0.0664 e. The maximum absolute atomic E-state index is 6.08. The van der Waals surface area contributed by atoms with Crippen molar-refractivity contribution in [1.29, 1.82) is 0 Å². The van der Waals surface area contributed by atoms with Crippen LogP contribution in [0.2, 0.25) is 10.0 Å². The lowest BCUT2D eigenvalue weighted by Crippen LogP contribution is -1.95. The van der Waals surface area contributed by atoms with Crippen LogP contribution in [-0.2, 0) is 0 Å². The van der Waals surface area contributed by atoms with Crippen LogP contribution in [-0.4, -0.2) is 5.88 Å². The molecule has 1 aromatic rings. The molecule has 0 bridgehead atoms. The summed E-state index contributed by atoms with van der Waals surface area (Å²) in [6.45, 7) is 4.21. The Hall–Kier alpha value is -0.170. The quantitative estimate of drug-likeness (QED) is 0.652. The second kappa shape index (κ2) is 5.79. The van der Waals surface area contributed by atoms with Crippen molar-refractivity contribution in [3.63, 3.8) is 0 Å². The number of halogens is 3. The molecule has 0 radical (unpaired) electrons. The fourth-order valence-electron chi connectivity index (χ4n) is 1.19. The average molecular weight is 264 g/mol. The summed E-state index contributed by atoms with van der Waals surface area (Å²) in [5, 5.41) is 1.16. The van der Waals surface area contributed by atoms with Crippen LogP contribution in [0, 0.1) is 5.92 Å². The van der Waals surface area contributed by atoms with Crippen molar-refractivity contribution < 1.29 is 0 Å². The number of allylic oxidation sites excluding steroid dienone is 1. The van der Waals surface area contributed by atoms with Crippen molar-refractivity contribution in [2.75, 3.05) is 5.88 Å². The molecule has 0 N–H and O–H groups in total. The van der Waals surface area contributed by atoms with Crippen LogP contribution in [0.3, 0.4) is 0 Å². The van der Waals surface area contributed by atoms with Gasteiger partial charge >= 0.3 is 0 Å². The van der Waals surface area contributed by atoms with Gasteiger partial charge in [0.05, 0.1) is 10.0 Å². The topological polar surface area (TPSA) is 0 Å². The highest BCUT2D eigenvalue weighted by molar-refractivity contribution is 6.42. The number of hydrogen-bond acceptors (Lipinski definition) is 0. The molecular weight excluding hydrogens is 250 g/mol. The highest BCUT2D eigenvalue weighted by Crippen LogP contribution is 2.28. The Morgan fingerprint density at radius 2 is 2.00 bits per heavy atom. The van der Waals surface area contributed by atoms with Gasteiger partial charge < -0.3 is 0 Å². The van der Waals surface area contributed by atoms with Gasteiger partial charge in [-0.1, -0.05) is 60.8 Å². The zero-order valence-electron chi connectivity index (χ0n) is 8.73. The first-order valence-corrected chi connectivity index (χ1v) is 6.05. The molecule has 0 saturated heterocycles. The minimum atomic E-state index is 0.414. The summed E-state index contributed by atoms with van der Waals surface area (Å²) in [4.78, 5) is 0. The standard InChI is InChI=1S/C12H13Cl3/c1-8(2)10(7-13)6-9-4-3-5-11(14)12(9)15/h3-6,8H,7H2,1-2H3/b10-6+. The van der Waals surface area contributed by atoms with Gasteiger partial charge in [-0.05, 0) is 17.5 Å². The van der Waals surface area contributed by atoms with Crippen LogP contribution >= 0.6 is 34.8 Å². The molecule has 0 heterocycles. The fraction of sp³-hybridized carbons (Fsp3) is 0.333. The molecule has 1 rings (SSSR count). The molecule has 0 saturated carbocycles. The van der Waals surface area contributed by atoms with Crippen LogP contribution < -0.4 is 0 Å². The van der Waals surface area contributed by atoms with E-state index in [1.807, 2.05) is 18.2 Å². The summed E-state index contributed by atoms with van der Waals surface area (Å²) in [7, 11) is 0. The number of hydrogen-bond donors (Lipinski definition) is 0. The van der Waals surface area contributed by atoms with Crippen molar-refractivity contribution in [2.45, 2.75) is 13.8 Å². The predicted molar refractivity (Wildman–Crippen MR) is 70.0 cm³/mol. The summed E-state index contributed by atoms with van der Waals surface area (Å²) < 4.78 is 0. The van der Waals surface area contributed by atoms with E-state index in [0.717, 1.165) is 11.1 Å². The Morgan fingerprint density at radius 3 is 2.53 bits per heavy atom. The summed E-state index contributed by atoms with van der Waals surface area (Å²) in [5.74, 6) is 0.929. The van der Waals surface area contributed by atoms with Gasteiger partial charge in [-0.2, -0.15) is 0 Å². The molecule has 0 fully saturated rings. The lowest BCUT2D eigenvalue weighted by molar-refractivity contribution is 0.778. The molecule has 0 atom stereocenters. The minimum Gasteiger partial charge on any atom is -0.122 e. The Morgan fingerprint density at radius 1 is 1.33 bits per heavy atom. The van der Waals surface area contributed by atoms with Crippen LogP contribution in [0.25, 0.3) is 6.08 Å². The average Bonchev–Trinajstić information content (AvgIpc) is 2.19. The third-order valence-electron chi connectivity index (χ3n) is 2.22. The summed E-state index contributed by atoms with van der Waals surface area (Å²) in [5.41, 5.74) is 2.08. The molecule has 82 valence electrons. The number of alkyl halides is 1. The van der Waals surface area contributed by atoms with E-state index in [1.54, 1.807) is 6.07 Å². The van der Waals surface area contributed by atoms with E-state index in [4.69, 9.17) is 34.8 Å². The smallest absolute Gasteiger partial charge is 0.0664 e. The largest absolute Gasteiger partial charge is 0.122 e. The van der Waals surface area contributed by atoms with Crippen molar-refractivity contribution in [3.8, 4) is 0 Å². The van der Waals surface area contributed by atoms with Crippen molar-refractivity contribution in [3.05, 3.63) is 39.4 Å². The minimum absolute atomic E-state index is 0.414. The number of rotatable bonds is 3. The molecular formula is C12H13Cl3. The van der Waals surface area contributed by atoms with Gasteiger partial charge in [-0.15, -0.1) is 11.6 Å². The SMILES string of the molecule is CC(C)/C(=C/c1cccc(Cl)c1Cl)CCl. The van der Waals surface area contributed by atoms with E-state index >= 15 is 0 Å². The fourth-order valence-corrected chi connectivity index (χ4v) is 1.94. The van der Waals surface area contributed by atoms with Gasteiger partial charge in [0, 0.05) is 5.88 Å². The highest BCUT2D eigenvalue weighted by Gasteiger charge is 2.05. The second-order valence-corrected chi connectivity index (χ2v) is 4.70. The summed E-state index contributed by atoms with van der Waals surface area (Å²) >= 11 is 17.9. The molecule has 0 unspecified atom stereocenters. The van der Waals surface area contributed by atoms with E-state index < -0.39 is 0 Å². The van der Waals surface area contributed by atoms with Crippen LogP contribution in [0.5, 0.6) is 0 Å². The normalized spacial score (nSPS) is 12.3. The molecule has 3 heteroatoms. The molecule has 1 aromatic carbocycles. The summed E-state index contributed by atoms with van der Waals surface area (Å²) in [6, 6.07) is 5.59. The Labute approximate surface area is 106 Å². The van der Waals surface area contributed by atoms with Gasteiger partial charge in [0.1, 0.15) is 0 Å². The van der Waals surface area contributed by atoms with Gasteiger partial charge in [-0.3, -0.25) is 0 Å². The van der Waals surface area contributed by atoms with Crippen LogP contribution in [0.1, 0.15) is 19.4 Å². The first kappa shape index (κ1) is 12.9. The first-order chi connectivity index (χ1) is 7.06. The molecule has 0 nitrogen and oxygen atoms in total. The van der Waals surface area contributed by atoms with Crippen molar-refractivity contribution in [1.82, 2.24) is 0 Å². The monoisotopic (exact) mass is 262 g/mol.